The highest BCUT2D eigenvalue weighted by molar-refractivity contribution is 9.12. The second-order valence-electron chi connectivity index (χ2n) is 3.29. The molecular formula is C10H16Br2O6. The summed E-state index contributed by atoms with van der Waals surface area (Å²) in [7, 11) is 0. The second kappa shape index (κ2) is 10.5. The minimum absolute atomic E-state index is 0.104. The van der Waals surface area contributed by atoms with E-state index >= 15 is 0 Å². The number of carbonyl (C=O) groups is 2. The molecule has 1 rings (SSSR count). The van der Waals surface area contributed by atoms with E-state index in [9.17, 15) is 10.2 Å². The van der Waals surface area contributed by atoms with Crippen molar-refractivity contribution in [1.29, 1.82) is 0 Å². The van der Waals surface area contributed by atoms with E-state index < -0.39 is 24.1 Å². The molecule has 1 aliphatic carbocycles. The fourth-order valence-electron chi connectivity index (χ4n) is 0.817. The number of carboxylic acids is 2. The Morgan fingerprint density at radius 2 is 1.06 bits per heavy atom. The summed E-state index contributed by atoms with van der Waals surface area (Å²) in [5.74, 6) is -1.67. The summed E-state index contributed by atoms with van der Waals surface area (Å²) in [4.78, 5) is 17.8. The summed E-state index contributed by atoms with van der Waals surface area (Å²) in [5, 5.41) is 33.2. The molecule has 0 spiro atoms. The molecule has 0 heterocycles. The zero-order chi connectivity index (χ0) is 14.9. The molecule has 0 bridgehead atoms. The van der Waals surface area contributed by atoms with Crippen molar-refractivity contribution >= 4 is 43.8 Å². The molecule has 0 radical (unpaired) electrons. The second-order valence-corrected chi connectivity index (χ2v) is 5.41. The molecule has 0 saturated heterocycles. The van der Waals surface area contributed by atoms with E-state index in [0.717, 1.165) is 13.8 Å². The molecule has 0 aliphatic heterocycles. The average molecular weight is 392 g/mol. The number of aliphatic carboxylic acids is 2. The van der Waals surface area contributed by atoms with Crippen molar-refractivity contribution in [3.8, 4) is 0 Å². The Kier molecular flexibility index (Phi) is 11.6. The van der Waals surface area contributed by atoms with Gasteiger partial charge in [-0.25, -0.2) is 0 Å². The van der Waals surface area contributed by atoms with Crippen LogP contribution in [0, 0.1) is 0 Å². The molecule has 0 aromatic heterocycles. The van der Waals surface area contributed by atoms with Crippen LogP contribution in [-0.2, 0) is 9.59 Å². The lowest BCUT2D eigenvalue weighted by atomic mass is 10.0. The Labute approximate surface area is 122 Å². The first kappa shape index (κ1) is 19.9. The van der Waals surface area contributed by atoms with Crippen LogP contribution in [0.1, 0.15) is 13.8 Å². The van der Waals surface area contributed by atoms with Crippen LogP contribution in [0.15, 0.2) is 12.2 Å². The predicted octanol–water partition coefficient (Wildman–Crippen LogP) is 0.987. The van der Waals surface area contributed by atoms with Crippen molar-refractivity contribution < 1.29 is 30.0 Å². The lowest BCUT2D eigenvalue weighted by molar-refractivity contribution is -0.135. The van der Waals surface area contributed by atoms with Gasteiger partial charge in [0, 0.05) is 13.8 Å². The Bertz CT molecular complexity index is 258. The highest BCUT2D eigenvalue weighted by Crippen LogP contribution is 2.26. The maximum absolute atomic E-state index is 9.19. The number of hydrogen-bond acceptors (Lipinski definition) is 4. The molecule has 0 unspecified atom stereocenters. The van der Waals surface area contributed by atoms with E-state index in [-0.39, 0.29) is 9.65 Å². The highest BCUT2D eigenvalue weighted by Gasteiger charge is 2.30. The zero-order valence-electron chi connectivity index (χ0n) is 9.83. The quantitative estimate of drug-likeness (QED) is 0.361. The molecule has 0 aromatic carbocycles. The van der Waals surface area contributed by atoms with Gasteiger partial charge in [0.2, 0.25) is 0 Å². The molecule has 18 heavy (non-hydrogen) atoms. The molecule has 4 N–H and O–H groups in total. The standard InChI is InChI=1S/C6H8Br2O2.2C2H4O2/c7-5-3(9)1-2-4(10)6(5)8;2*1-2(3)4/h1-6,9-10H;2*1H3,(H,3,4)/t3-,4-,5+,6+;;/m0../s1. The number of hydrogen-bond donors (Lipinski definition) is 4. The number of carboxylic acid groups (broad SMARTS) is 2. The van der Waals surface area contributed by atoms with Gasteiger partial charge in [0.05, 0.1) is 21.9 Å². The van der Waals surface area contributed by atoms with Crippen molar-refractivity contribution in [1.82, 2.24) is 0 Å². The van der Waals surface area contributed by atoms with Gasteiger partial charge in [0.25, 0.3) is 11.9 Å². The van der Waals surface area contributed by atoms with Crippen LogP contribution < -0.4 is 0 Å². The largest absolute Gasteiger partial charge is 0.481 e. The number of halogens is 2. The Hall–Kier alpha value is -0.440. The summed E-state index contributed by atoms with van der Waals surface area (Å²) in [5.41, 5.74) is 0. The minimum atomic E-state index is -0.833. The third kappa shape index (κ3) is 12.0. The van der Waals surface area contributed by atoms with Crippen LogP contribution >= 0.6 is 31.9 Å². The van der Waals surface area contributed by atoms with Crippen LogP contribution in [0.2, 0.25) is 0 Å². The summed E-state index contributed by atoms with van der Waals surface area (Å²) in [6.07, 6.45) is 2.16. The molecule has 1 aliphatic rings. The molecule has 0 aromatic rings. The van der Waals surface area contributed by atoms with Gasteiger partial charge in [-0.3, -0.25) is 9.59 Å². The third-order valence-electron chi connectivity index (χ3n) is 1.46. The van der Waals surface area contributed by atoms with Gasteiger partial charge in [0.1, 0.15) is 0 Å². The van der Waals surface area contributed by atoms with Crippen LogP contribution in [0.3, 0.4) is 0 Å². The zero-order valence-corrected chi connectivity index (χ0v) is 13.0. The SMILES string of the molecule is CC(=O)O.CC(=O)O.O[C@H]1C=C[C@H](O)[C@@H](Br)[C@@H]1Br. The molecule has 8 heteroatoms. The fraction of sp³-hybridized carbons (Fsp3) is 0.600. The van der Waals surface area contributed by atoms with Crippen molar-refractivity contribution in [2.45, 2.75) is 35.7 Å². The lowest BCUT2D eigenvalue weighted by Crippen LogP contribution is -2.38. The van der Waals surface area contributed by atoms with Gasteiger partial charge in [-0.15, -0.1) is 0 Å². The van der Waals surface area contributed by atoms with Gasteiger partial charge in [0.15, 0.2) is 0 Å². The van der Waals surface area contributed by atoms with Crippen LogP contribution in [0.4, 0.5) is 0 Å². The smallest absolute Gasteiger partial charge is 0.300 e. The average Bonchev–Trinajstić information content (AvgIpc) is 2.19. The van der Waals surface area contributed by atoms with Gasteiger partial charge < -0.3 is 20.4 Å². The van der Waals surface area contributed by atoms with E-state index in [0.29, 0.717) is 0 Å². The van der Waals surface area contributed by atoms with Crippen molar-refractivity contribution in [3.63, 3.8) is 0 Å². The molecule has 0 amide bonds. The summed E-state index contributed by atoms with van der Waals surface area (Å²) >= 11 is 6.50. The molecule has 0 saturated carbocycles. The molecule has 4 atom stereocenters. The Morgan fingerprint density at radius 3 is 1.22 bits per heavy atom. The monoisotopic (exact) mass is 390 g/mol. The molecular weight excluding hydrogens is 376 g/mol. The van der Waals surface area contributed by atoms with E-state index in [1.165, 1.54) is 0 Å². The molecule has 0 fully saturated rings. The first-order chi connectivity index (χ1) is 8.09. The molecule has 6 nitrogen and oxygen atoms in total. The maximum atomic E-state index is 9.19. The van der Waals surface area contributed by atoms with Gasteiger partial charge in [-0.2, -0.15) is 0 Å². The van der Waals surface area contributed by atoms with Crippen molar-refractivity contribution in [2.75, 3.05) is 0 Å². The van der Waals surface area contributed by atoms with Crippen LogP contribution in [0.5, 0.6) is 0 Å². The fourth-order valence-corrected chi connectivity index (χ4v) is 1.79. The van der Waals surface area contributed by atoms with E-state index in [1.807, 2.05) is 0 Å². The van der Waals surface area contributed by atoms with Gasteiger partial charge in [-0.05, 0) is 0 Å². The summed E-state index contributed by atoms with van der Waals surface area (Å²) in [6, 6.07) is 0. The normalized spacial score (nSPS) is 29.2. The van der Waals surface area contributed by atoms with Crippen LogP contribution in [-0.4, -0.2) is 54.2 Å². The lowest BCUT2D eigenvalue weighted by Gasteiger charge is -2.26. The number of rotatable bonds is 0. The number of aliphatic hydroxyl groups is 2. The van der Waals surface area contributed by atoms with Crippen LogP contribution in [0.25, 0.3) is 0 Å². The number of alkyl halides is 2. The van der Waals surface area contributed by atoms with E-state index in [2.05, 4.69) is 31.9 Å². The predicted molar refractivity (Wildman–Crippen MR) is 73.2 cm³/mol. The molecule has 106 valence electrons. The van der Waals surface area contributed by atoms with E-state index in [1.54, 1.807) is 12.2 Å². The third-order valence-corrected chi connectivity index (χ3v) is 4.39. The minimum Gasteiger partial charge on any atom is -0.481 e. The summed E-state index contributed by atoms with van der Waals surface area (Å²) < 4.78 is 0. The van der Waals surface area contributed by atoms with E-state index in [4.69, 9.17) is 19.8 Å². The highest BCUT2D eigenvalue weighted by atomic mass is 79.9. The first-order valence-electron chi connectivity index (χ1n) is 4.81. The Morgan fingerprint density at radius 1 is 0.889 bits per heavy atom. The number of aliphatic hydroxyl groups excluding tert-OH is 2. The van der Waals surface area contributed by atoms with Gasteiger partial charge in [-0.1, -0.05) is 44.0 Å². The topological polar surface area (TPSA) is 115 Å². The first-order valence-corrected chi connectivity index (χ1v) is 6.64. The van der Waals surface area contributed by atoms with Crippen molar-refractivity contribution in [3.05, 3.63) is 12.2 Å². The van der Waals surface area contributed by atoms with Crippen molar-refractivity contribution in [2.24, 2.45) is 0 Å². The van der Waals surface area contributed by atoms with Gasteiger partial charge >= 0.3 is 0 Å². The Balaban J connectivity index is 0. The maximum Gasteiger partial charge on any atom is 0.300 e. The summed E-state index contributed by atoms with van der Waals surface area (Å²) in [6.45, 7) is 2.17.